The van der Waals surface area contributed by atoms with Gasteiger partial charge in [0.25, 0.3) is 0 Å². The van der Waals surface area contributed by atoms with Gasteiger partial charge in [-0.15, -0.1) is 11.3 Å². The van der Waals surface area contributed by atoms with Gasteiger partial charge in [-0.25, -0.2) is 0 Å². The van der Waals surface area contributed by atoms with Crippen molar-refractivity contribution in [1.82, 2.24) is 4.98 Å². The number of benzene rings is 1. The van der Waals surface area contributed by atoms with Crippen LogP contribution in [0.2, 0.25) is 0 Å². The highest BCUT2D eigenvalue weighted by Gasteiger charge is 2.09. The smallest absolute Gasteiger partial charge is 0.0727 e. The summed E-state index contributed by atoms with van der Waals surface area (Å²) in [7, 11) is 2.13. The van der Waals surface area contributed by atoms with Gasteiger partial charge in [-0.05, 0) is 49.1 Å². The van der Waals surface area contributed by atoms with Gasteiger partial charge in [0.15, 0.2) is 0 Å². The van der Waals surface area contributed by atoms with Crippen LogP contribution in [0.3, 0.4) is 0 Å². The van der Waals surface area contributed by atoms with E-state index in [0.717, 1.165) is 35.2 Å². The van der Waals surface area contributed by atoms with Crippen LogP contribution in [-0.2, 0) is 6.42 Å². The summed E-state index contributed by atoms with van der Waals surface area (Å²) in [5, 5.41) is 3.25. The average molecular weight is 297 g/mol. The van der Waals surface area contributed by atoms with Crippen LogP contribution >= 0.6 is 11.3 Å². The highest BCUT2D eigenvalue weighted by Crippen LogP contribution is 2.28. The lowest BCUT2D eigenvalue weighted by Gasteiger charge is -2.21. The summed E-state index contributed by atoms with van der Waals surface area (Å²) in [6, 6.07) is 12.3. The normalized spacial score (nSPS) is 11.0. The van der Waals surface area contributed by atoms with E-state index in [1.807, 2.05) is 36.5 Å². The molecule has 0 amide bonds. The molecule has 3 rings (SSSR count). The standard InChI is InChI=1S/C17H19N3S/c1-12-10-17(15-11-13(18)5-6-16(15)19-12)20(2)8-7-14-4-3-9-21-14/h3-6,9-11H,7-8,18H2,1-2H3. The highest BCUT2D eigenvalue weighted by molar-refractivity contribution is 7.09. The van der Waals surface area contributed by atoms with Crippen LogP contribution in [0.5, 0.6) is 0 Å². The number of thiophene rings is 1. The molecular weight excluding hydrogens is 278 g/mol. The molecule has 0 fully saturated rings. The van der Waals surface area contributed by atoms with Crippen molar-refractivity contribution in [3.05, 3.63) is 52.3 Å². The van der Waals surface area contributed by atoms with Crippen molar-refractivity contribution in [1.29, 1.82) is 0 Å². The Labute approximate surface area is 129 Å². The molecule has 0 aliphatic rings. The van der Waals surface area contributed by atoms with Gasteiger partial charge < -0.3 is 10.6 Å². The minimum absolute atomic E-state index is 0.779. The fourth-order valence-electron chi connectivity index (χ4n) is 2.52. The van der Waals surface area contributed by atoms with Crippen LogP contribution in [-0.4, -0.2) is 18.6 Å². The average Bonchev–Trinajstić information content (AvgIpc) is 2.97. The minimum Gasteiger partial charge on any atom is -0.399 e. The van der Waals surface area contributed by atoms with Crippen molar-refractivity contribution in [2.45, 2.75) is 13.3 Å². The maximum atomic E-state index is 5.94. The molecule has 0 spiro atoms. The number of nitrogens with two attached hydrogens (primary N) is 1. The largest absolute Gasteiger partial charge is 0.399 e. The quantitative estimate of drug-likeness (QED) is 0.743. The van der Waals surface area contributed by atoms with Crippen LogP contribution < -0.4 is 10.6 Å². The van der Waals surface area contributed by atoms with Crippen LogP contribution in [0, 0.1) is 6.92 Å². The van der Waals surface area contributed by atoms with Gasteiger partial charge in [0.05, 0.1) is 5.52 Å². The zero-order valence-electron chi connectivity index (χ0n) is 12.3. The lowest BCUT2D eigenvalue weighted by atomic mass is 10.1. The summed E-state index contributed by atoms with van der Waals surface area (Å²) in [6.07, 6.45) is 1.05. The van der Waals surface area contributed by atoms with Crippen molar-refractivity contribution in [3.8, 4) is 0 Å². The predicted octanol–water partition coefficient (Wildman–Crippen LogP) is 3.87. The van der Waals surface area contributed by atoms with Crippen LogP contribution in [0.4, 0.5) is 11.4 Å². The zero-order chi connectivity index (χ0) is 14.8. The first-order valence-corrected chi connectivity index (χ1v) is 7.92. The monoisotopic (exact) mass is 297 g/mol. The number of pyridine rings is 1. The molecule has 4 heteroatoms. The molecule has 0 aliphatic heterocycles. The van der Waals surface area contributed by atoms with E-state index in [-0.39, 0.29) is 0 Å². The van der Waals surface area contributed by atoms with Gasteiger partial charge >= 0.3 is 0 Å². The molecule has 21 heavy (non-hydrogen) atoms. The zero-order valence-corrected chi connectivity index (χ0v) is 13.2. The van der Waals surface area contributed by atoms with E-state index < -0.39 is 0 Å². The fourth-order valence-corrected chi connectivity index (χ4v) is 3.22. The van der Waals surface area contributed by atoms with Crippen LogP contribution in [0.25, 0.3) is 10.9 Å². The molecule has 0 saturated heterocycles. The van der Waals surface area contributed by atoms with Crippen LogP contribution in [0.1, 0.15) is 10.6 Å². The summed E-state index contributed by atoms with van der Waals surface area (Å²) in [4.78, 5) is 8.29. The van der Waals surface area contributed by atoms with E-state index in [2.05, 4.69) is 40.5 Å². The maximum absolute atomic E-state index is 5.94. The molecule has 0 atom stereocenters. The van der Waals surface area contributed by atoms with Crippen molar-refractivity contribution >= 4 is 33.6 Å². The van der Waals surface area contributed by atoms with E-state index in [1.54, 1.807) is 0 Å². The van der Waals surface area contributed by atoms with Gasteiger partial charge in [-0.3, -0.25) is 4.98 Å². The second kappa shape index (κ2) is 5.74. The number of hydrogen-bond donors (Lipinski definition) is 1. The molecule has 3 aromatic rings. The van der Waals surface area contributed by atoms with E-state index >= 15 is 0 Å². The number of anilines is 2. The van der Waals surface area contributed by atoms with Gasteiger partial charge in [-0.2, -0.15) is 0 Å². The van der Waals surface area contributed by atoms with Crippen LogP contribution in [0.15, 0.2) is 41.8 Å². The molecular formula is C17H19N3S. The molecule has 0 unspecified atom stereocenters. The van der Waals surface area contributed by atoms with Gasteiger partial charge in [0, 0.05) is 40.9 Å². The molecule has 108 valence electrons. The molecule has 2 N–H and O–H groups in total. The van der Waals surface area contributed by atoms with Crippen molar-refractivity contribution in [2.75, 3.05) is 24.2 Å². The second-order valence-electron chi connectivity index (χ2n) is 5.31. The molecule has 0 bridgehead atoms. The first-order valence-electron chi connectivity index (χ1n) is 7.04. The SMILES string of the molecule is Cc1cc(N(C)CCc2cccs2)c2cc(N)ccc2n1. The third-order valence-electron chi connectivity index (χ3n) is 3.62. The Morgan fingerprint density at radius 3 is 2.86 bits per heavy atom. The Morgan fingerprint density at radius 1 is 1.24 bits per heavy atom. The Kier molecular flexibility index (Phi) is 3.80. The number of nitrogen functional groups attached to an aromatic ring is 1. The lowest BCUT2D eigenvalue weighted by Crippen LogP contribution is -2.20. The minimum atomic E-state index is 0.779. The third-order valence-corrected chi connectivity index (χ3v) is 4.56. The summed E-state index contributed by atoms with van der Waals surface area (Å²) in [5.41, 5.74) is 9.95. The topological polar surface area (TPSA) is 42.1 Å². The number of rotatable bonds is 4. The Balaban J connectivity index is 1.92. The van der Waals surface area contributed by atoms with E-state index in [1.165, 1.54) is 10.6 Å². The molecule has 3 nitrogen and oxygen atoms in total. The first-order chi connectivity index (χ1) is 10.1. The van der Waals surface area contributed by atoms with E-state index in [4.69, 9.17) is 5.73 Å². The van der Waals surface area contributed by atoms with Crippen molar-refractivity contribution < 1.29 is 0 Å². The Morgan fingerprint density at radius 2 is 2.10 bits per heavy atom. The number of fused-ring (bicyclic) bond motifs is 1. The molecule has 1 aromatic carbocycles. The van der Waals surface area contributed by atoms with E-state index in [0.29, 0.717) is 0 Å². The predicted molar refractivity (Wildman–Crippen MR) is 92.2 cm³/mol. The second-order valence-corrected chi connectivity index (χ2v) is 6.34. The van der Waals surface area contributed by atoms with Gasteiger partial charge in [-0.1, -0.05) is 6.07 Å². The summed E-state index contributed by atoms with van der Waals surface area (Å²) < 4.78 is 0. The molecule has 0 aliphatic carbocycles. The molecule has 0 saturated carbocycles. The number of likely N-dealkylation sites (N-methyl/N-ethyl adjacent to an activating group) is 1. The summed E-state index contributed by atoms with van der Waals surface area (Å²) in [5.74, 6) is 0. The summed E-state index contributed by atoms with van der Waals surface area (Å²) >= 11 is 1.81. The highest BCUT2D eigenvalue weighted by atomic mass is 32.1. The van der Waals surface area contributed by atoms with Gasteiger partial charge in [0.1, 0.15) is 0 Å². The first kappa shape index (κ1) is 13.9. The summed E-state index contributed by atoms with van der Waals surface area (Å²) in [6.45, 7) is 3.01. The number of nitrogens with zero attached hydrogens (tertiary/aromatic N) is 2. The Hall–Kier alpha value is -2.07. The van der Waals surface area contributed by atoms with Crippen molar-refractivity contribution in [2.24, 2.45) is 0 Å². The fraction of sp³-hybridized carbons (Fsp3) is 0.235. The van der Waals surface area contributed by atoms with Gasteiger partial charge in [0.2, 0.25) is 0 Å². The molecule has 2 heterocycles. The number of hydrogen-bond acceptors (Lipinski definition) is 4. The lowest BCUT2D eigenvalue weighted by molar-refractivity contribution is 0.889. The number of aryl methyl sites for hydroxylation is 1. The molecule has 0 radical (unpaired) electrons. The van der Waals surface area contributed by atoms with Crippen molar-refractivity contribution in [3.63, 3.8) is 0 Å². The Bertz CT molecular complexity index is 750. The number of aromatic nitrogens is 1. The third kappa shape index (κ3) is 3.00. The van der Waals surface area contributed by atoms with E-state index in [9.17, 15) is 0 Å². The maximum Gasteiger partial charge on any atom is 0.0727 e. The molecule has 2 aromatic heterocycles.